The molecule has 9 heteroatoms. The van der Waals surface area contributed by atoms with Crippen molar-refractivity contribution in [1.29, 1.82) is 0 Å². The summed E-state index contributed by atoms with van der Waals surface area (Å²) in [6, 6.07) is 11.7. The van der Waals surface area contributed by atoms with Crippen LogP contribution in [0.2, 0.25) is 5.02 Å². The molecule has 3 rings (SSSR count). The minimum atomic E-state index is -2.34. The minimum Gasteiger partial charge on any atom is -0.348 e. The zero-order valence-corrected chi connectivity index (χ0v) is 16.9. The van der Waals surface area contributed by atoms with Crippen LogP contribution in [0.5, 0.6) is 0 Å². The highest BCUT2D eigenvalue weighted by atomic mass is 35.5. The summed E-state index contributed by atoms with van der Waals surface area (Å²) < 4.78 is 24.6. The van der Waals surface area contributed by atoms with Gasteiger partial charge >= 0.3 is 0 Å². The molecule has 1 amide bonds. The van der Waals surface area contributed by atoms with Gasteiger partial charge in [0.2, 0.25) is 0 Å². The van der Waals surface area contributed by atoms with Crippen molar-refractivity contribution in [1.82, 2.24) is 15.1 Å². The van der Waals surface area contributed by atoms with Gasteiger partial charge < -0.3 is 5.32 Å². The molecule has 0 spiro atoms. The summed E-state index contributed by atoms with van der Waals surface area (Å²) in [6.07, 6.45) is 3.47. The first kappa shape index (κ1) is 20.1. The molecule has 7 nitrogen and oxygen atoms in total. The molecule has 2 N–H and O–H groups in total. The Morgan fingerprint density at radius 3 is 2.57 bits per heavy atom. The number of rotatable bonds is 6. The predicted molar refractivity (Wildman–Crippen MR) is 110 cm³/mol. The van der Waals surface area contributed by atoms with Gasteiger partial charge in [0, 0.05) is 35.9 Å². The van der Waals surface area contributed by atoms with Crippen LogP contribution in [-0.4, -0.2) is 24.4 Å². The first-order valence-corrected chi connectivity index (χ1v) is 9.82. The van der Waals surface area contributed by atoms with E-state index in [-0.39, 0.29) is 16.5 Å². The Hall–Kier alpha value is -2.68. The molecular weight excluding hydrogens is 400 g/mol. The lowest BCUT2D eigenvalue weighted by Crippen LogP contribution is -2.24. The van der Waals surface area contributed by atoms with Crippen LogP contribution in [0, 0.1) is 6.92 Å². The predicted octanol–water partition coefficient (Wildman–Crippen LogP) is 3.59. The first-order valence-electron chi connectivity index (χ1n) is 8.37. The molecule has 0 aliphatic carbocycles. The van der Waals surface area contributed by atoms with Crippen LogP contribution < -0.4 is 9.62 Å². The van der Waals surface area contributed by atoms with Gasteiger partial charge in [-0.2, -0.15) is 5.10 Å². The van der Waals surface area contributed by atoms with Gasteiger partial charge in [-0.25, -0.2) is 8.51 Å². The molecule has 3 aromatic rings. The van der Waals surface area contributed by atoms with E-state index in [9.17, 15) is 13.6 Å². The summed E-state index contributed by atoms with van der Waals surface area (Å²) in [5, 5.41) is 7.13. The minimum absolute atomic E-state index is 0.284. The molecule has 0 saturated carbocycles. The highest BCUT2D eigenvalue weighted by Gasteiger charge is 2.18. The summed E-state index contributed by atoms with van der Waals surface area (Å²) in [5.74, 6) is -0.347. The maximum Gasteiger partial charge on any atom is 0.266 e. The molecule has 1 atom stereocenters. The van der Waals surface area contributed by atoms with Crippen molar-refractivity contribution < 1.29 is 13.6 Å². The SMILES string of the molecule is Cc1ccc(N(c2cc(Cl)cc(C(=O)NCc3cnn(C)c3)c2)S(=O)O)cc1. The van der Waals surface area contributed by atoms with Crippen LogP contribution in [0.25, 0.3) is 0 Å². The Morgan fingerprint density at radius 1 is 1.25 bits per heavy atom. The number of amides is 1. The number of aromatic nitrogens is 2. The second-order valence-corrected chi connectivity index (χ2v) is 7.53. The summed E-state index contributed by atoms with van der Waals surface area (Å²) in [6.45, 7) is 2.23. The van der Waals surface area contributed by atoms with Gasteiger partial charge in [0.15, 0.2) is 0 Å². The van der Waals surface area contributed by atoms with Crippen LogP contribution in [0.15, 0.2) is 54.9 Å². The normalized spacial score (nSPS) is 11.9. The van der Waals surface area contributed by atoms with Crippen molar-refractivity contribution in [2.45, 2.75) is 13.5 Å². The molecule has 1 heterocycles. The van der Waals surface area contributed by atoms with E-state index in [1.165, 1.54) is 22.5 Å². The lowest BCUT2D eigenvalue weighted by molar-refractivity contribution is 0.0951. The lowest BCUT2D eigenvalue weighted by Gasteiger charge is -2.21. The Bertz CT molecular complexity index is 1020. The Kier molecular flexibility index (Phi) is 6.13. The zero-order chi connectivity index (χ0) is 20.3. The van der Waals surface area contributed by atoms with Crippen LogP contribution >= 0.6 is 11.6 Å². The standard InChI is InChI=1S/C19H19ClN4O3S/c1-13-3-5-17(6-4-13)24(28(26)27)18-8-15(7-16(20)9-18)19(25)21-10-14-11-22-23(2)12-14/h3-9,11-12H,10H2,1-2H3,(H,21,25)(H,26,27). The van der Waals surface area contributed by atoms with Crippen molar-refractivity contribution in [3.8, 4) is 0 Å². The number of anilines is 2. The van der Waals surface area contributed by atoms with Gasteiger partial charge in [-0.1, -0.05) is 29.3 Å². The van der Waals surface area contributed by atoms with Crippen molar-refractivity contribution in [3.63, 3.8) is 0 Å². The Balaban J connectivity index is 1.87. The number of hydrogen-bond donors (Lipinski definition) is 2. The maximum atomic E-state index is 12.5. The summed E-state index contributed by atoms with van der Waals surface area (Å²) in [4.78, 5) is 12.5. The van der Waals surface area contributed by atoms with E-state index in [1.54, 1.807) is 36.3 Å². The topological polar surface area (TPSA) is 87.5 Å². The number of carbonyl (C=O) groups excluding carboxylic acids is 1. The van der Waals surface area contributed by atoms with Crippen LogP contribution in [0.4, 0.5) is 11.4 Å². The smallest absolute Gasteiger partial charge is 0.266 e. The van der Waals surface area contributed by atoms with Gasteiger partial charge in [-0.3, -0.25) is 14.0 Å². The third-order valence-corrected chi connectivity index (χ3v) is 4.97. The fourth-order valence-electron chi connectivity index (χ4n) is 2.68. The molecule has 0 saturated heterocycles. The molecule has 146 valence electrons. The molecule has 0 radical (unpaired) electrons. The molecule has 0 fully saturated rings. The van der Waals surface area contributed by atoms with Crippen LogP contribution in [-0.2, 0) is 24.9 Å². The molecule has 1 unspecified atom stereocenters. The fourth-order valence-corrected chi connectivity index (χ4v) is 3.50. The number of aryl methyl sites for hydroxylation is 2. The first-order chi connectivity index (χ1) is 13.3. The van der Waals surface area contributed by atoms with Crippen LogP contribution in [0.1, 0.15) is 21.5 Å². The second-order valence-electron chi connectivity index (χ2n) is 6.26. The number of halogens is 1. The molecule has 0 bridgehead atoms. The Labute approximate surface area is 170 Å². The molecule has 0 aliphatic rings. The average molecular weight is 419 g/mol. The maximum absolute atomic E-state index is 12.5. The summed E-state index contributed by atoms with van der Waals surface area (Å²) in [5.41, 5.74) is 3.01. The molecule has 28 heavy (non-hydrogen) atoms. The molecule has 2 aromatic carbocycles. The lowest BCUT2D eigenvalue weighted by atomic mass is 10.1. The Morgan fingerprint density at radius 2 is 1.96 bits per heavy atom. The van der Waals surface area contributed by atoms with E-state index in [0.29, 0.717) is 17.9 Å². The van der Waals surface area contributed by atoms with Crippen molar-refractivity contribution in [2.24, 2.45) is 7.05 Å². The summed E-state index contributed by atoms with van der Waals surface area (Å²) in [7, 11) is 1.79. The average Bonchev–Trinajstić information content (AvgIpc) is 3.06. The van der Waals surface area contributed by atoms with E-state index < -0.39 is 11.3 Å². The van der Waals surface area contributed by atoms with Gasteiger partial charge in [-0.15, -0.1) is 0 Å². The van der Waals surface area contributed by atoms with Gasteiger partial charge in [0.25, 0.3) is 17.2 Å². The molecule has 1 aromatic heterocycles. The van der Waals surface area contributed by atoms with E-state index >= 15 is 0 Å². The number of carbonyl (C=O) groups is 1. The number of benzene rings is 2. The van der Waals surface area contributed by atoms with Gasteiger partial charge in [0.05, 0.1) is 17.6 Å². The number of nitrogens with one attached hydrogen (secondary N) is 1. The van der Waals surface area contributed by atoms with Crippen LogP contribution in [0.3, 0.4) is 0 Å². The highest BCUT2D eigenvalue weighted by molar-refractivity contribution is 7.81. The van der Waals surface area contributed by atoms with Crippen molar-refractivity contribution in [3.05, 3.63) is 76.6 Å². The quantitative estimate of drug-likeness (QED) is 0.599. The second kappa shape index (κ2) is 8.55. The zero-order valence-electron chi connectivity index (χ0n) is 15.3. The molecule has 0 aliphatic heterocycles. The third kappa shape index (κ3) is 4.78. The van der Waals surface area contributed by atoms with Crippen molar-refractivity contribution >= 4 is 40.1 Å². The highest BCUT2D eigenvalue weighted by Crippen LogP contribution is 2.30. The summed E-state index contributed by atoms with van der Waals surface area (Å²) >= 11 is 3.84. The monoisotopic (exact) mass is 418 g/mol. The fraction of sp³-hybridized carbons (Fsp3) is 0.158. The van der Waals surface area contributed by atoms with E-state index in [1.807, 2.05) is 19.1 Å². The largest absolute Gasteiger partial charge is 0.348 e. The van der Waals surface area contributed by atoms with E-state index in [2.05, 4.69) is 10.4 Å². The third-order valence-electron chi connectivity index (χ3n) is 4.02. The number of nitrogens with zero attached hydrogens (tertiary/aromatic N) is 3. The number of hydrogen-bond acceptors (Lipinski definition) is 3. The van der Waals surface area contributed by atoms with Gasteiger partial charge in [-0.05, 0) is 37.3 Å². The van der Waals surface area contributed by atoms with Crippen molar-refractivity contribution in [2.75, 3.05) is 4.31 Å². The van der Waals surface area contributed by atoms with E-state index in [4.69, 9.17) is 11.6 Å². The van der Waals surface area contributed by atoms with Gasteiger partial charge in [0.1, 0.15) is 0 Å². The molecular formula is C19H19ClN4O3S. The van der Waals surface area contributed by atoms with E-state index in [0.717, 1.165) is 11.1 Å².